The Balaban J connectivity index is 1.96. The Morgan fingerprint density at radius 3 is 3.17 bits per heavy atom. The lowest BCUT2D eigenvalue weighted by Gasteiger charge is -1.94. The van der Waals surface area contributed by atoms with Gasteiger partial charge in [0.2, 0.25) is 0 Å². The lowest BCUT2D eigenvalue weighted by atomic mass is 10.2. The number of hydrogen-bond acceptors (Lipinski definition) is 3. The first-order valence-electron chi connectivity index (χ1n) is 4.38. The smallest absolute Gasteiger partial charge is 0.0897 e. The van der Waals surface area contributed by atoms with Crippen molar-refractivity contribution in [3.63, 3.8) is 0 Å². The summed E-state index contributed by atoms with van der Waals surface area (Å²) in [6, 6.07) is 0. The summed E-state index contributed by atoms with van der Waals surface area (Å²) in [6.45, 7) is 3.21. The molecule has 2 atom stereocenters. The summed E-state index contributed by atoms with van der Waals surface area (Å²) < 4.78 is 0. The van der Waals surface area contributed by atoms with Gasteiger partial charge in [0.05, 0.1) is 10.7 Å². The molecule has 0 bridgehead atoms. The molecule has 0 saturated heterocycles. The summed E-state index contributed by atoms with van der Waals surface area (Å²) in [5.41, 5.74) is 1.32. The minimum Gasteiger partial charge on any atom is -0.319 e. The Bertz CT molecular complexity index is 269. The number of nitrogens with one attached hydrogen (secondary N) is 1. The zero-order valence-electron chi connectivity index (χ0n) is 7.50. The van der Waals surface area contributed by atoms with Gasteiger partial charge in [-0.25, -0.2) is 4.98 Å². The molecule has 2 rings (SSSR count). The molecule has 1 aliphatic rings. The van der Waals surface area contributed by atoms with E-state index >= 15 is 0 Å². The summed E-state index contributed by atoms with van der Waals surface area (Å²) in [7, 11) is 2.02. The maximum atomic E-state index is 4.50. The van der Waals surface area contributed by atoms with Gasteiger partial charge in [-0.2, -0.15) is 0 Å². The maximum Gasteiger partial charge on any atom is 0.0897 e. The Morgan fingerprint density at radius 1 is 1.75 bits per heavy atom. The molecule has 2 nitrogen and oxygen atoms in total. The summed E-state index contributed by atoms with van der Waals surface area (Å²) in [4.78, 5) is 4.50. The highest BCUT2D eigenvalue weighted by Crippen LogP contribution is 2.46. The number of hydrogen-bond donors (Lipinski definition) is 1. The Morgan fingerprint density at radius 2 is 2.58 bits per heavy atom. The van der Waals surface area contributed by atoms with Crippen molar-refractivity contribution < 1.29 is 0 Å². The van der Waals surface area contributed by atoms with E-state index in [2.05, 4.69) is 22.6 Å². The summed E-state index contributed by atoms with van der Waals surface area (Å²) in [5, 5.41) is 6.61. The monoisotopic (exact) mass is 182 g/mol. The number of aromatic nitrogens is 1. The predicted molar refractivity (Wildman–Crippen MR) is 51.6 cm³/mol. The Labute approximate surface area is 77.0 Å². The third-order valence-corrected chi connectivity index (χ3v) is 3.20. The Kier molecular flexibility index (Phi) is 2.15. The van der Waals surface area contributed by atoms with Gasteiger partial charge < -0.3 is 5.32 Å². The van der Waals surface area contributed by atoms with Crippen molar-refractivity contribution in [2.75, 3.05) is 13.6 Å². The standard InChI is InChI=1S/C9H14N2S/c1-6-11-9(5-12-6)8-3-7(8)4-10-2/h5,7-8,10H,3-4H2,1-2H3. The maximum absolute atomic E-state index is 4.50. The van der Waals surface area contributed by atoms with Gasteiger partial charge in [-0.05, 0) is 32.9 Å². The fraction of sp³-hybridized carbons (Fsp3) is 0.667. The van der Waals surface area contributed by atoms with Crippen LogP contribution in [0.25, 0.3) is 0 Å². The van der Waals surface area contributed by atoms with Crippen LogP contribution in [0.15, 0.2) is 5.38 Å². The predicted octanol–water partition coefficient (Wildman–Crippen LogP) is 1.77. The molecule has 1 aliphatic carbocycles. The van der Waals surface area contributed by atoms with Crippen molar-refractivity contribution >= 4 is 11.3 Å². The second-order valence-corrected chi connectivity index (χ2v) is 4.51. The van der Waals surface area contributed by atoms with Crippen LogP contribution in [0.5, 0.6) is 0 Å². The van der Waals surface area contributed by atoms with Gasteiger partial charge in [0, 0.05) is 11.3 Å². The molecule has 1 N–H and O–H groups in total. The number of nitrogens with zero attached hydrogens (tertiary/aromatic N) is 1. The average molecular weight is 182 g/mol. The van der Waals surface area contributed by atoms with Crippen LogP contribution in [0.3, 0.4) is 0 Å². The second kappa shape index (κ2) is 3.15. The molecule has 3 heteroatoms. The normalized spacial score (nSPS) is 27.5. The van der Waals surface area contributed by atoms with Gasteiger partial charge in [0.25, 0.3) is 0 Å². The van der Waals surface area contributed by atoms with E-state index in [1.54, 1.807) is 11.3 Å². The van der Waals surface area contributed by atoms with Gasteiger partial charge in [0.15, 0.2) is 0 Å². The van der Waals surface area contributed by atoms with Crippen LogP contribution in [0.4, 0.5) is 0 Å². The van der Waals surface area contributed by atoms with Crippen LogP contribution in [0.2, 0.25) is 0 Å². The highest BCUT2D eigenvalue weighted by molar-refractivity contribution is 7.09. The molecule has 1 heterocycles. The van der Waals surface area contributed by atoms with Crippen molar-refractivity contribution in [2.24, 2.45) is 5.92 Å². The third-order valence-electron chi connectivity index (χ3n) is 2.41. The zero-order valence-corrected chi connectivity index (χ0v) is 8.32. The molecule has 0 spiro atoms. The number of aryl methyl sites for hydroxylation is 1. The molecule has 1 saturated carbocycles. The molecule has 1 aromatic rings. The summed E-state index contributed by atoms with van der Waals surface area (Å²) in [6.07, 6.45) is 1.32. The molecule has 66 valence electrons. The second-order valence-electron chi connectivity index (χ2n) is 3.45. The van der Waals surface area contributed by atoms with Crippen molar-refractivity contribution in [3.05, 3.63) is 16.1 Å². The van der Waals surface area contributed by atoms with E-state index in [-0.39, 0.29) is 0 Å². The minimum absolute atomic E-state index is 0.752. The van der Waals surface area contributed by atoms with E-state index < -0.39 is 0 Å². The van der Waals surface area contributed by atoms with Gasteiger partial charge in [0.1, 0.15) is 0 Å². The number of rotatable bonds is 3. The lowest BCUT2D eigenvalue weighted by Crippen LogP contribution is -2.10. The van der Waals surface area contributed by atoms with Gasteiger partial charge in [-0.1, -0.05) is 0 Å². The SMILES string of the molecule is CNCC1CC1c1csc(C)n1. The Hall–Kier alpha value is -0.410. The van der Waals surface area contributed by atoms with Crippen molar-refractivity contribution in [1.29, 1.82) is 0 Å². The molecule has 0 aromatic carbocycles. The van der Waals surface area contributed by atoms with E-state index in [0.717, 1.165) is 18.4 Å². The molecule has 1 aromatic heterocycles. The molecule has 0 aliphatic heterocycles. The first-order valence-corrected chi connectivity index (χ1v) is 5.26. The first kappa shape index (κ1) is 8.20. The van der Waals surface area contributed by atoms with Crippen molar-refractivity contribution in [1.82, 2.24) is 10.3 Å². The van der Waals surface area contributed by atoms with Crippen LogP contribution < -0.4 is 5.32 Å². The summed E-state index contributed by atoms with van der Waals surface area (Å²) >= 11 is 1.76. The molecule has 0 radical (unpaired) electrons. The molecule has 2 unspecified atom stereocenters. The van der Waals surface area contributed by atoms with E-state index in [1.165, 1.54) is 17.1 Å². The molecule has 12 heavy (non-hydrogen) atoms. The van der Waals surface area contributed by atoms with Gasteiger partial charge in [-0.3, -0.25) is 0 Å². The fourth-order valence-electron chi connectivity index (χ4n) is 1.65. The van der Waals surface area contributed by atoms with E-state index in [4.69, 9.17) is 0 Å². The van der Waals surface area contributed by atoms with Gasteiger partial charge >= 0.3 is 0 Å². The van der Waals surface area contributed by atoms with Crippen LogP contribution in [-0.4, -0.2) is 18.6 Å². The number of thiazole rings is 1. The largest absolute Gasteiger partial charge is 0.319 e. The van der Waals surface area contributed by atoms with Crippen molar-refractivity contribution in [3.8, 4) is 0 Å². The highest BCUT2D eigenvalue weighted by atomic mass is 32.1. The van der Waals surface area contributed by atoms with Crippen LogP contribution in [-0.2, 0) is 0 Å². The topological polar surface area (TPSA) is 24.9 Å². The van der Waals surface area contributed by atoms with Crippen LogP contribution in [0, 0.1) is 12.8 Å². The lowest BCUT2D eigenvalue weighted by molar-refractivity contribution is 0.694. The van der Waals surface area contributed by atoms with Gasteiger partial charge in [-0.15, -0.1) is 11.3 Å². The fourth-order valence-corrected chi connectivity index (χ4v) is 2.32. The van der Waals surface area contributed by atoms with Crippen LogP contribution in [0.1, 0.15) is 23.0 Å². The molecular formula is C9H14N2S. The minimum atomic E-state index is 0.752. The first-order chi connectivity index (χ1) is 5.81. The quantitative estimate of drug-likeness (QED) is 0.770. The zero-order chi connectivity index (χ0) is 8.55. The molecule has 0 amide bonds. The van der Waals surface area contributed by atoms with E-state index in [9.17, 15) is 0 Å². The highest BCUT2D eigenvalue weighted by Gasteiger charge is 2.38. The average Bonchev–Trinajstić information content (AvgIpc) is 2.67. The van der Waals surface area contributed by atoms with E-state index in [1.807, 2.05) is 7.05 Å². The molecule has 1 fully saturated rings. The molecular weight excluding hydrogens is 168 g/mol. The van der Waals surface area contributed by atoms with Crippen LogP contribution >= 0.6 is 11.3 Å². The summed E-state index contributed by atoms with van der Waals surface area (Å²) in [5.74, 6) is 1.60. The van der Waals surface area contributed by atoms with Crippen molar-refractivity contribution in [2.45, 2.75) is 19.3 Å². The van der Waals surface area contributed by atoms with E-state index in [0.29, 0.717) is 0 Å². The third kappa shape index (κ3) is 1.52.